The summed E-state index contributed by atoms with van der Waals surface area (Å²) < 4.78 is 5.19. The van der Waals surface area contributed by atoms with Crippen LogP contribution in [0, 0.1) is 0 Å². The third-order valence-electron chi connectivity index (χ3n) is 2.93. The van der Waals surface area contributed by atoms with Gasteiger partial charge in [-0.2, -0.15) is 0 Å². The first-order valence-corrected chi connectivity index (χ1v) is 6.53. The van der Waals surface area contributed by atoms with E-state index in [9.17, 15) is 0 Å². The number of rotatable bonds is 5. The highest BCUT2D eigenvalue weighted by molar-refractivity contribution is 5.64. The molecular weight excluding hydrogens is 236 g/mol. The fraction of sp³-hybridized carbons (Fsp3) is 0.312. The van der Waals surface area contributed by atoms with E-state index in [1.54, 1.807) is 7.11 Å². The van der Waals surface area contributed by atoms with Gasteiger partial charge >= 0.3 is 0 Å². The van der Waals surface area contributed by atoms with E-state index in [1.807, 2.05) is 24.3 Å². The maximum absolute atomic E-state index is 5.19. The molecule has 0 saturated carbocycles. The Kier molecular flexibility index (Phi) is 4.53. The largest absolute Gasteiger partial charge is 0.481 e. The van der Waals surface area contributed by atoms with Crippen LogP contribution in [0.2, 0.25) is 0 Å². The second kappa shape index (κ2) is 6.34. The molecule has 100 valence electrons. The van der Waals surface area contributed by atoms with Gasteiger partial charge in [0.25, 0.3) is 0 Å². The van der Waals surface area contributed by atoms with Crippen molar-refractivity contribution in [3.05, 3.63) is 48.0 Å². The van der Waals surface area contributed by atoms with E-state index in [1.165, 1.54) is 5.56 Å². The number of methoxy groups -OCH3 is 1. The van der Waals surface area contributed by atoms with Gasteiger partial charge in [0, 0.05) is 24.2 Å². The Morgan fingerprint density at radius 2 is 1.89 bits per heavy atom. The van der Waals surface area contributed by atoms with Gasteiger partial charge in [-0.1, -0.05) is 44.2 Å². The second-order valence-corrected chi connectivity index (χ2v) is 4.76. The quantitative estimate of drug-likeness (QED) is 0.891. The smallest absolute Gasteiger partial charge is 0.213 e. The number of aromatic nitrogens is 1. The molecule has 3 nitrogen and oxygen atoms in total. The Bertz CT molecular complexity index is 538. The summed E-state index contributed by atoms with van der Waals surface area (Å²) in [5.41, 5.74) is 3.34. The lowest BCUT2D eigenvalue weighted by Crippen LogP contribution is -2.22. The Morgan fingerprint density at radius 1 is 1.11 bits per heavy atom. The van der Waals surface area contributed by atoms with Gasteiger partial charge in [-0.15, -0.1) is 0 Å². The van der Waals surface area contributed by atoms with Crippen LogP contribution in [-0.4, -0.2) is 18.1 Å². The van der Waals surface area contributed by atoms with Gasteiger partial charge in [-0.05, 0) is 11.6 Å². The summed E-state index contributed by atoms with van der Waals surface area (Å²) in [7, 11) is 1.64. The van der Waals surface area contributed by atoms with E-state index in [0.717, 1.165) is 17.8 Å². The number of ether oxygens (including phenoxy) is 1. The molecule has 0 atom stereocenters. The molecule has 2 rings (SSSR count). The molecule has 0 radical (unpaired) electrons. The maximum atomic E-state index is 5.19. The molecule has 1 N–H and O–H groups in total. The Hall–Kier alpha value is -1.87. The predicted octanol–water partition coefficient (Wildman–Crippen LogP) is 3.26. The van der Waals surface area contributed by atoms with Crippen LogP contribution in [0.1, 0.15) is 19.4 Å². The van der Waals surface area contributed by atoms with E-state index in [4.69, 9.17) is 4.74 Å². The summed E-state index contributed by atoms with van der Waals surface area (Å²) in [6.07, 6.45) is 0. The average molecular weight is 256 g/mol. The standard InChI is InChI=1S/C16H20N2O/c1-12(2)17-11-13-7-4-5-8-14(13)15-9-6-10-16(18-15)19-3/h4-10,12,17H,11H2,1-3H3. The Labute approximate surface area is 114 Å². The monoisotopic (exact) mass is 256 g/mol. The average Bonchev–Trinajstić information content (AvgIpc) is 2.45. The van der Waals surface area contributed by atoms with E-state index in [2.05, 4.69) is 42.3 Å². The van der Waals surface area contributed by atoms with Gasteiger partial charge in [0.05, 0.1) is 12.8 Å². The summed E-state index contributed by atoms with van der Waals surface area (Å²) in [5.74, 6) is 0.643. The summed E-state index contributed by atoms with van der Waals surface area (Å²) in [4.78, 5) is 4.50. The number of nitrogens with zero attached hydrogens (tertiary/aromatic N) is 1. The lowest BCUT2D eigenvalue weighted by atomic mass is 10.0. The van der Waals surface area contributed by atoms with Crippen molar-refractivity contribution in [3.8, 4) is 17.1 Å². The number of hydrogen-bond donors (Lipinski definition) is 1. The van der Waals surface area contributed by atoms with Crippen molar-refractivity contribution in [1.29, 1.82) is 0 Å². The molecule has 0 amide bonds. The zero-order chi connectivity index (χ0) is 13.7. The van der Waals surface area contributed by atoms with Crippen LogP contribution in [0.5, 0.6) is 5.88 Å². The van der Waals surface area contributed by atoms with Crippen molar-refractivity contribution in [2.24, 2.45) is 0 Å². The van der Waals surface area contributed by atoms with E-state index < -0.39 is 0 Å². The SMILES string of the molecule is COc1cccc(-c2ccccc2CNC(C)C)n1. The van der Waals surface area contributed by atoms with Crippen LogP contribution in [0.3, 0.4) is 0 Å². The predicted molar refractivity (Wildman–Crippen MR) is 78.2 cm³/mol. The molecule has 0 aliphatic heterocycles. The minimum Gasteiger partial charge on any atom is -0.481 e. The van der Waals surface area contributed by atoms with Gasteiger partial charge in [0.15, 0.2) is 0 Å². The molecule has 0 unspecified atom stereocenters. The highest BCUT2D eigenvalue weighted by Gasteiger charge is 2.07. The molecular formula is C16H20N2O. The van der Waals surface area contributed by atoms with Crippen LogP contribution >= 0.6 is 0 Å². The lowest BCUT2D eigenvalue weighted by molar-refractivity contribution is 0.398. The first-order chi connectivity index (χ1) is 9.20. The molecule has 0 fully saturated rings. The zero-order valence-electron chi connectivity index (χ0n) is 11.7. The molecule has 0 bridgehead atoms. The van der Waals surface area contributed by atoms with Gasteiger partial charge in [0.2, 0.25) is 5.88 Å². The van der Waals surface area contributed by atoms with Crippen LogP contribution in [0.25, 0.3) is 11.3 Å². The molecule has 0 aliphatic carbocycles. The van der Waals surface area contributed by atoms with Gasteiger partial charge < -0.3 is 10.1 Å². The Morgan fingerprint density at radius 3 is 2.63 bits per heavy atom. The fourth-order valence-corrected chi connectivity index (χ4v) is 1.92. The fourth-order valence-electron chi connectivity index (χ4n) is 1.92. The molecule has 1 heterocycles. The summed E-state index contributed by atoms with van der Waals surface area (Å²) in [6, 6.07) is 14.6. The highest BCUT2D eigenvalue weighted by atomic mass is 16.5. The van der Waals surface area contributed by atoms with Gasteiger partial charge in [-0.25, -0.2) is 4.98 Å². The zero-order valence-corrected chi connectivity index (χ0v) is 11.7. The summed E-state index contributed by atoms with van der Waals surface area (Å²) in [6.45, 7) is 5.13. The minimum atomic E-state index is 0.464. The number of nitrogens with one attached hydrogen (secondary N) is 1. The van der Waals surface area contributed by atoms with Crippen molar-refractivity contribution in [2.45, 2.75) is 26.4 Å². The summed E-state index contributed by atoms with van der Waals surface area (Å²) in [5, 5.41) is 3.44. The molecule has 0 spiro atoms. The first-order valence-electron chi connectivity index (χ1n) is 6.53. The van der Waals surface area contributed by atoms with Crippen LogP contribution < -0.4 is 10.1 Å². The first kappa shape index (κ1) is 13.6. The van der Waals surface area contributed by atoms with Gasteiger partial charge in [-0.3, -0.25) is 0 Å². The summed E-state index contributed by atoms with van der Waals surface area (Å²) >= 11 is 0. The maximum Gasteiger partial charge on any atom is 0.213 e. The molecule has 0 aliphatic rings. The normalized spacial score (nSPS) is 10.7. The van der Waals surface area contributed by atoms with Crippen LogP contribution in [-0.2, 0) is 6.54 Å². The number of pyridine rings is 1. The molecule has 3 heteroatoms. The molecule has 19 heavy (non-hydrogen) atoms. The topological polar surface area (TPSA) is 34.1 Å². The van der Waals surface area contributed by atoms with Crippen LogP contribution in [0.15, 0.2) is 42.5 Å². The van der Waals surface area contributed by atoms with Crippen molar-refractivity contribution < 1.29 is 4.74 Å². The van der Waals surface area contributed by atoms with E-state index in [0.29, 0.717) is 11.9 Å². The second-order valence-electron chi connectivity index (χ2n) is 4.76. The van der Waals surface area contributed by atoms with E-state index in [-0.39, 0.29) is 0 Å². The minimum absolute atomic E-state index is 0.464. The highest BCUT2D eigenvalue weighted by Crippen LogP contribution is 2.23. The third-order valence-corrected chi connectivity index (χ3v) is 2.93. The lowest BCUT2D eigenvalue weighted by Gasteiger charge is -2.12. The van der Waals surface area contributed by atoms with Crippen molar-refractivity contribution in [2.75, 3.05) is 7.11 Å². The number of benzene rings is 1. The third kappa shape index (κ3) is 3.55. The molecule has 2 aromatic rings. The van der Waals surface area contributed by atoms with Crippen molar-refractivity contribution >= 4 is 0 Å². The Balaban J connectivity index is 2.32. The molecule has 1 aromatic carbocycles. The molecule has 0 saturated heterocycles. The van der Waals surface area contributed by atoms with Crippen molar-refractivity contribution in [3.63, 3.8) is 0 Å². The van der Waals surface area contributed by atoms with E-state index >= 15 is 0 Å². The van der Waals surface area contributed by atoms with Gasteiger partial charge in [0.1, 0.15) is 0 Å². The molecule has 1 aromatic heterocycles. The number of hydrogen-bond acceptors (Lipinski definition) is 3. The van der Waals surface area contributed by atoms with Crippen LogP contribution in [0.4, 0.5) is 0 Å². The van der Waals surface area contributed by atoms with Crippen molar-refractivity contribution in [1.82, 2.24) is 10.3 Å².